The number of rotatable bonds is 7. The molecule has 1 saturated heterocycles. The van der Waals surface area contributed by atoms with E-state index in [1.807, 2.05) is 13.0 Å². The first-order valence-electron chi connectivity index (χ1n) is 9.06. The van der Waals surface area contributed by atoms with Crippen molar-refractivity contribution in [2.24, 2.45) is 0 Å². The Labute approximate surface area is 164 Å². The number of carbonyl (C=O) groups excluding carboxylic acids is 1. The van der Waals surface area contributed by atoms with E-state index in [4.69, 9.17) is 16.3 Å². The van der Waals surface area contributed by atoms with Gasteiger partial charge in [-0.05, 0) is 68.1 Å². The molecule has 0 radical (unpaired) electrons. The first-order chi connectivity index (χ1) is 12.6. The highest BCUT2D eigenvalue weighted by Gasteiger charge is 2.23. The standard InChI is InChI=1S/C20H25ClN2O2S/c1-15-12-16(7-8-17(15)21)25-14-20(24)22-13-18(19-6-5-11-26-19)23-9-3-2-4-10-23/h5-8,11-12,18H,2-4,9-10,13-14H2,1H3,(H,22,24)/t18-/m1/s1. The molecule has 2 aromatic rings. The van der Waals surface area contributed by atoms with E-state index in [0.717, 1.165) is 18.7 Å². The number of piperidine rings is 1. The molecule has 0 saturated carbocycles. The number of halogens is 1. The SMILES string of the molecule is Cc1cc(OCC(=O)NC[C@H](c2cccs2)N2CCCCC2)ccc1Cl. The van der Waals surface area contributed by atoms with Gasteiger partial charge in [0.05, 0.1) is 6.04 Å². The number of likely N-dealkylation sites (tertiary alicyclic amines) is 1. The summed E-state index contributed by atoms with van der Waals surface area (Å²) in [4.78, 5) is 16.0. The average molecular weight is 393 g/mol. The molecule has 0 aliphatic carbocycles. The Morgan fingerprint density at radius 3 is 2.81 bits per heavy atom. The van der Waals surface area contributed by atoms with Crippen LogP contribution in [0.25, 0.3) is 0 Å². The molecule has 4 nitrogen and oxygen atoms in total. The fourth-order valence-electron chi connectivity index (χ4n) is 3.24. The van der Waals surface area contributed by atoms with E-state index in [1.165, 1.54) is 24.1 Å². The summed E-state index contributed by atoms with van der Waals surface area (Å²) in [6.07, 6.45) is 3.76. The lowest BCUT2D eigenvalue weighted by Gasteiger charge is -2.34. The minimum atomic E-state index is -0.101. The van der Waals surface area contributed by atoms with Gasteiger partial charge < -0.3 is 10.1 Å². The van der Waals surface area contributed by atoms with Crippen LogP contribution >= 0.6 is 22.9 Å². The molecule has 1 fully saturated rings. The molecule has 140 valence electrons. The van der Waals surface area contributed by atoms with E-state index in [9.17, 15) is 4.79 Å². The molecule has 0 unspecified atom stereocenters. The van der Waals surface area contributed by atoms with Gasteiger partial charge >= 0.3 is 0 Å². The smallest absolute Gasteiger partial charge is 0.258 e. The number of amides is 1. The zero-order valence-electron chi connectivity index (χ0n) is 15.0. The lowest BCUT2D eigenvalue weighted by atomic mass is 10.1. The van der Waals surface area contributed by atoms with E-state index in [1.54, 1.807) is 23.5 Å². The maximum atomic E-state index is 12.2. The van der Waals surface area contributed by atoms with Crippen LogP contribution in [-0.4, -0.2) is 37.0 Å². The van der Waals surface area contributed by atoms with Crippen molar-refractivity contribution in [3.05, 3.63) is 51.2 Å². The quantitative estimate of drug-likeness (QED) is 0.757. The van der Waals surface area contributed by atoms with Crippen molar-refractivity contribution >= 4 is 28.8 Å². The van der Waals surface area contributed by atoms with Crippen molar-refractivity contribution in [3.63, 3.8) is 0 Å². The number of aryl methyl sites for hydroxylation is 1. The molecule has 3 rings (SSSR count). The number of hydrogen-bond donors (Lipinski definition) is 1. The molecule has 0 spiro atoms. The van der Waals surface area contributed by atoms with E-state index in [0.29, 0.717) is 17.3 Å². The number of nitrogens with one attached hydrogen (secondary N) is 1. The summed E-state index contributed by atoms with van der Waals surface area (Å²) in [5.41, 5.74) is 0.937. The van der Waals surface area contributed by atoms with Crippen molar-refractivity contribution in [1.29, 1.82) is 0 Å². The second-order valence-corrected chi connectivity index (χ2v) is 8.02. The third-order valence-corrected chi connectivity index (χ3v) is 6.09. The van der Waals surface area contributed by atoms with E-state index >= 15 is 0 Å². The van der Waals surface area contributed by atoms with Crippen LogP contribution in [0.4, 0.5) is 0 Å². The van der Waals surface area contributed by atoms with Crippen LogP contribution in [0.15, 0.2) is 35.7 Å². The zero-order valence-corrected chi connectivity index (χ0v) is 16.6. The Balaban J connectivity index is 1.52. The number of carbonyl (C=O) groups is 1. The van der Waals surface area contributed by atoms with Crippen LogP contribution < -0.4 is 10.1 Å². The summed E-state index contributed by atoms with van der Waals surface area (Å²) in [7, 11) is 0. The minimum Gasteiger partial charge on any atom is -0.484 e. The molecular weight excluding hydrogens is 368 g/mol. The number of nitrogens with zero attached hydrogens (tertiary/aromatic N) is 1. The highest BCUT2D eigenvalue weighted by atomic mass is 35.5. The van der Waals surface area contributed by atoms with Crippen LogP contribution in [0.2, 0.25) is 5.02 Å². The zero-order chi connectivity index (χ0) is 18.4. The molecule has 2 heterocycles. The van der Waals surface area contributed by atoms with Gasteiger partial charge in [-0.15, -0.1) is 11.3 Å². The van der Waals surface area contributed by atoms with E-state index in [2.05, 4.69) is 27.7 Å². The number of thiophene rings is 1. The van der Waals surface area contributed by atoms with Crippen molar-refractivity contribution < 1.29 is 9.53 Å². The molecule has 26 heavy (non-hydrogen) atoms. The van der Waals surface area contributed by atoms with E-state index in [-0.39, 0.29) is 18.6 Å². The summed E-state index contributed by atoms with van der Waals surface area (Å²) in [6, 6.07) is 9.89. The first-order valence-corrected chi connectivity index (χ1v) is 10.3. The second kappa shape index (κ2) is 9.40. The number of ether oxygens (including phenoxy) is 1. The van der Waals surface area contributed by atoms with Gasteiger partial charge in [-0.3, -0.25) is 9.69 Å². The van der Waals surface area contributed by atoms with Gasteiger partial charge in [0.15, 0.2) is 6.61 Å². The second-order valence-electron chi connectivity index (χ2n) is 6.63. The van der Waals surface area contributed by atoms with Crippen LogP contribution in [0.3, 0.4) is 0 Å². The molecule has 1 aliphatic heterocycles. The fraction of sp³-hybridized carbons (Fsp3) is 0.450. The molecule has 0 bridgehead atoms. The average Bonchev–Trinajstić information content (AvgIpc) is 3.18. The van der Waals surface area contributed by atoms with Crippen molar-refractivity contribution in [3.8, 4) is 5.75 Å². The van der Waals surface area contributed by atoms with Crippen molar-refractivity contribution in [2.75, 3.05) is 26.2 Å². The Hall–Kier alpha value is -1.56. The lowest BCUT2D eigenvalue weighted by molar-refractivity contribution is -0.123. The Morgan fingerprint density at radius 1 is 1.31 bits per heavy atom. The predicted molar refractivity (Wildman–Crippen MR) is 107 cm³/mol. The number of benzene rings is 1. The van der Waals surface area contributed by atoms with Crippen LogP contribution in [0.5, 0.6) is 5.75 Å². The molecule has 1 aromatic carbocycles. The van der Waals surface area contributed by atoms with Crippen LogP contribution in [-0.2, 0) is 4.79 Å². The lowest BCUT2D eigenvalue weighted by Crippen LogP contribution is -2.41. The maximum absolute atomic E-state index is 12.2. The topological polar surface area (TPSA) is 41.6 Å². The normalized spacial score (nSPS) is 16.2. The Kier molecular flexibility index (Phi) is 6.94. The molecular formula is C20H25ClN2O2S. The Morgan fingerprint density at radius 2 is 2.12 bits per heavy atom. The third kappa shape index (κ3) is 5.22. The fourth-order valence-corrected chi connectivity index (χ4v) is 4.22. The highest BCUT2D eigenvalue weighted by Crippen LogP contribution is 2.27. The third-order valence-electron chi connectivity index (χ3n) is 4.69. The summed E-state index contributed by atoms with van der Waals surface area (Å²) in [6.45, 7) is 4.73. The van der Waals surface area contributed by atoms with Gasteiger partial charge in [-0.1, -0.05) is 24.1 Å². The van der Waals surface area contributed by atoms with Gasteiger partial charge in [-0.2, -0.15) is 0 Å². The Bertz CT molecular complexity index is 715. The minimum absolute atomic E-state index is 0.0121. The molecule has 1 atom stereocenters. The van der Waals surface area contributed by atoms with Gasteiger partial charge in [0.25, 0.3) is 5.91 Å². The molecule has 1 N–H and O–H groups in total. The summed E-state index contributed by atoms with van der Waals surface area (Å²) >= 11 is 7.76. The van der Waals surface area contributed by atoms with E-state index < -0.39 is 0 Å². The summed E-state index contributed by atoms with van der Waals surface area (Å²) in [5.74, 6) is 0.559. The molecule has 6 heteroatoms. The first kappa shape index (κ1) is 19.2. The van der Waals surface area contributed by atoms with Gasteiger partial charge in [0, 0.05) is 16.4 Å². The van der Waals surface area contributed by atoms with Crippen LogP contribution in [0.1, 0.15) is 35.7 Å². The molecule has 1 amide bonds. The summed E-state index contributed by atoms with van der Waals surface area (Å²) < 4.78 is 5.59. The van der Waals surface area contributed by atoms with Crippen molar-refractivity contribution in [1.82, 2.24) is 10.2 Å². The van der Waals surface area contributed by atoms with Gasteiger partial charge in [-0.25, -0.2) is 0 Å². The van der Waals surface area contributed by atoms with Crippen LogP contribution in [0, 0.1) is 6.92 Å². The highest BCUT2D eigenvalue weighted by molar-refractivity contribution is 7.10. The van der Waals surface area contributed by atoms with Crippen molar-refractivity contribution in [2.45, 2.75) is 32.2 Å². The van der Waals surface area contributed by atoms with Gasteiger partial charge in [0.2, 0.25) is 0 Å². The molecule has 1 aliphatic rings. The van der Waals surface area contributed by atoms with Gasteiger partial charge in [0.1, 0.15) is 5.75 Å². The maximum Gasteiger partial charge on any atom is 0.258 e. The predicted octanol–water partition coefficient (Wildman–Crippen LogP) is 4.43. The largest absolute Gasteiger partial charge is 0.484 e. The summed E-state index contributed by atoms with van der Waals surface area (Å²) in [5, 5.41) is 5.83. The molecule has 1 aromatic heterocycles. The monoisotopic (exact) mass is 392 g/mol. The number of hydrogen-bond acceptors (Lipinski definition) is 4.